The van der Waals surface area contributed by atoms with Gasteiger partial charge in [-0.25, -0.2) is 4.98 Å². The smallest absolute Gasteiger partial charge is 0.252 e. The third-order valence-electron chi connectivity index (χ3n) is 3.80. The predicted molar refractivity (Wildman–Crippen MR) is 90.8 cm³/mol. The van der Waals surface area contributed by atoms with Gasteiger partial charge < -0.3 is 19.2 Å². The molecule has 0 aliphatic rings. The maximum absolute atomic E-state index is 12.2. The van der Waals surface area contributed by atoms with Crippen molar-refractivity contribution >= 4 is 11.6 Å². The van der Waals surface area contributed by atoms with Crippen LogP contribution in [-0.2, 0) is 6.42 Å². The van der Waals surface area contributed by atoms with E-state index in [1.54, 1.807) is 32.7 Å². The van der Waals surface area contributed by atoms with E-state index in [0.717, 1.165) is 11.2 Å². The number of benzene rings is 1. The Morgan fingerprint density at radius 2 is 2.00 bits per heavy atom. The summed E-state index contributed by atoms with van der Waals surface area (Å²) in [6, 6.07) is 9.34. The number of carbonyl (C=O) groups excluding carboxylic acids is 1. The summed E-state index contributed by atoms with van der Waals surface area (Å²) in [5.74, 6) is 1.27. The van der Waals surface area contributed by atoms with Gasteiger partial charge in [0.25, 0.3) is 5.91 Å². The Kier molecular flexibility index (Phi) is 4.65. The van der Waals surface area contributed by atoms with Crippen molar-refractivity contribution in [3.8, 4) is 11.5 Å². The first kappa shape index (κ1) is 15.9. The summed E-state index contributed by atoms with van der Waals surface area (Å²) in [4.78, 5) is 16.4. The van der Waals surface area contributed by atoms with Crippen LogP contribution in [0.15, 0.2) is 48.9 Å². The molecule has 124 valence electrons. The lowest BCUT2D eigenvalue weighted by Crippen LogP contribution is -2.25. The Bertz CT molecular complexity index is 858. The van der Waals surface area contributed by atoms with Gasteiger partial charge in [0.2, 0.25) is 0 Å². The van der Waals surface area contributed by atoms with E-state index in [4.69, 9.17) is 9.47 Å². The van der Waals surface area contributed by atoms with Crippen LogP contribution in [0.4, 0.5) is 0 Å². The fourth-order valence-corrected chi connectivity index (χ4v) is 2.51. The first-order valence-corrected chi connectivity index (χ1v) is 7.63. The second-order valence-electron chi connectivity index (χ2n) is 5.31. The van der Waals surface area contributed by atoms with Crippen LogP contribution in [0.25, 0.3) is 5.65 Å². The van der Waals surface area contributed by atoms with Crippen LogP contribution in [0.1, 0.15) is 15.9 Å². The molecule has 24 heavy (non-hydrogen) atoms. The Labute approximate surface area is 140 Å². The Morgan fingerprint density at radius 3 is 2.79 bits per heavy atom. The molecule has 0 aliphatic carbocycles. The number of carbonyl (C=O) groups is 1. The van der Waals surface area contributed by atoms with Gasteiger partial charge in [0, 0.05) is 25.1 Å². The van der Waals surface area contributed by atoms with Crippen LogP contribution in [-0.4, -0.2) is 36.1 Å². The number of hydrogen-bond donors (Lipinski definition) is 1. The molecule has 0 bridgehead atoms. The fraction of sp³-hybridized carbons (Fsp3) is 0.222. The molecule has 6 nitrogen and oxygen atoms in total. The van der Waals surface area contributed by atoms with Crippen molar-refractivity contribution in [3.63, 3.8) is 0 Å². The highest BCUT2D eigenvalue weighted by molar-refractivity contribution is 5.94. The quantitative estimate of drug-likeness (QED) is 0.755. The third-order valence-corrected chi connectivity index (χ3v) is 3.80. The number of fused-ring (bicyclic) bond motifs is 1. The number of hydrogen-bond acceptors (Lipinski definition) is 4. The summed E-state index contributed by atoms with van der Waals surface area (Å²) in [6.07, 6.45) is 6.00. The lowest BCUT2D eigenvalue weighted by atomic mass is 10.1. The molecule has 1 N–H and O–H groups in total. The molecule has 1 amide bonds. The molecular formula is C18H19N3O3. The first-order valence-electron chi connectivity index (χ1n) is 7.63. The molecule has 2 aromatic heterocycles. The van der Waals surface area contributed by atoms with Crippen molar-refractivity contribution in [2.24, 2.45) is 0 Å². The Morgan fingerprint density at radius 1 is 1.17 bits per heavy atom. The summed E-state index contributed by atoms with van der Waals surface area (Å²) in [7, 11) is 3.21. The number of pyridine rings is 1. The minimum atomic E-state index is -0.105. The van der Waals surface area contributed by atoms with E-state index >= 15 is 0 Å². The molecule has 0 unspecified atom stereocenters. The van der Waals surface area contributed by atoms with E-state index in [1.807, 2.05) is 34.9 Å². The number of nitrogens with one attached hydrogen (secondary N) is 1. The zero-order chi connectivity index (χ0) is 16.9. The lowest BCUT2D eigenvalue weighted by molar-refractivity contribution is 0.0953. The second-order valence-corrected chi connectivity index (χ2v) is 5.31. The van der Waals surface area contributed by atoms with Gasteiger partial charge in [-0.1, -0.05) is 6.07 Å². The van der Waals surface area contributed by atoms with Gasteiger partial charge in [0.05, 0.1) is 19.8 Å². The van der Waals surface area contributed by atoms with Crippen molar-refractivity contribution in [1.29, 1.82) is 0 Å². The minimum Gasteiger partial charge on any atom is -0.493 e. The number of amides is 1. The fourth-order valence-electron chi connectivity index (χ4n) is 2.51. The topological polar surface area (TPSA) is 64.9 Å². The highest BCUT2D eigenvalue weighted by atomic mass is 16.5. The highest BCUT2D eigenvalue weighted by Gasteiger charge is 2.08. The van der Waals surface area contributed by atoms with Gasteiger partial charge in [-0.15, -0.1) is 0 Å². The zero-order valence-electron chi connectivity index (χ0n) is 13.7. The number of nitrogens with zero attached hydrogens (tertiary/aromatic N) is 2. The van der Waals surface area contributed by atoms with E-state index < -0.39 is 0 Å². The Balaban J connectivity index is 1.60. The molecular weight excluding hydrogens is 306 g/mol. The van der Waals surface area contributed by atoms with E-state index in [-0.39, 0.29) is 5.91 Å². The van der Waals surface area contributed by atoms with Crippen molar-refractivity contribution in [1.82, 2.24) is 14.7 Å². The largest absolute Gasteiger partial charge is 0.493 e. The minimum absolute atomic E-state index is 0.105. The summed E-state index contributed by atoms with van der Waals surface area (Å²) in [5.41, 5.74) is 2.49. The molecule has 0 saturated carbocycles. The summed E-state index contributed by atoms with van der Waals surface area (Å²) in [6.45, 7) is 0.538. The molecule has 2 heterocycles. The molecule has 0 spiro atoms. The van der Waals surface area contributed by atoms with Crippen LogP contribution in [0.3, 0.4) is 0 Å². The lowest BCUT2D eigenvalue weighted by Gasteiger charge is -2.10. The monoisotopic (exact) mass is 325 g/mol. The number of methoxy groups -OCH3 is 2. The average Bonchev–Trinajstić information content (AvgIpc) is 3.09. The van der Waals surface area contributed by atoms with Crippen LogP contribution in [0.2, 0.25) is 0 Å². The van der Waals surface area contributed by atoms with Crippen molar-refractivity contribution in [2.75, 3.05) is 20.8 Å². The summed E-state index contributed by atoms with van der Waals surface area (Å²) in [5, 5.41) is 2.93. The SMILES string of the molecule is COc1ccc(CCNC(=O)c2ccc3nccn3c2)cc1OC. The maximum atomic E-state index is 12.2. The van der Waals surface area contributed by atoms with E-state index in [2.05, 4.69) is 10.3 Å². The van der Waals surface area contributed by atoms with Crippen molar-refractivity contribution in [2.45, 2.75) is 6.42 Å². The summed E-state index contributed by atoms with van der Waals surface area (Å²) < 4.78 is 12.3. The van der Waals surface area contributed by atoms with Gasteiger partial charge in [0.15, 0.2) is 11.5 Å². The molecule has 0 fully saturated rings. The summed E-state index contributed by atoms with van der Waals surface area (Å²) >= 11 is 0. The second kappa shape index (κ2) is 7.04. The first-order chi connectivity index (χ1) is 11.7. The van der Waals surface area contributed by atoms with Crippen LogP contribution in [0.5, 0.6) is 11.5 Å². The molecule has 0 radical (unpaired) electrons. The molecule has 3 rings (SSSR count). The van der Waals surface area contributed by atoms with Crippen molar-refractivity contribution < 1.29 is 14.3 Å². The van der Waals surface area contributed by atoms with Crippen LogP contribution >= 0.6 is 0 Å². The third kappa shape index (κ3) is 3.32. The predicted octanol–water partition coefficient (Wildman–Crippen LogP) is 2.32. The Hall–Kier alpha value is -3.02. The normalized spacial score (nSPS) is 10.6. The van der Waals surface area contributed by atoms with E-state index in [9.17, 15) is 4.79 Å². The number of ether oxygens (including phenoxy) is 2. The molecule has 1 aromatic carbocycles. The van der Waals surface area contributed by atoms with E-state index in [1.165, 1.54) is 0 Å². The average molecular weight is 325 g/mol. The molecule has 0 saturated heterocycles. The van der Waals surface area contributed by atoms with Gasteiger partial charge in [0.1, 0.15) is 5.65 Å². The highest BCUT2D eigenvalue weighted by Crippen LogP contribution is 2.27. The number of rotatable bonds is 6. The van der Waals surface area contributed by atoms with Gasteiger partial charge >= 0.3 is 0 Å². The zero-order valence-corrected chi connectivity index (χ0v) is 13.7. The number of imidazole rings is 1. The molecule has 3 aromatic rings. The van der Waals surface area contributed by atoms with Gasteiger partial charge in [-0.2, -0.15) is 0 Å². The molecule has 0 atom stereocenters. The van der Waals surface area contributed by atoms with Crippen LogP contribution in [0, 0.1) is 0 Å². The maximum Gasteiger partial charge on any atom is 0.252 e. The standard InChI is InChI=1S/C18H19N3O3/c1-23-15-5-3-13(11-16(15)24-2)7-8-20-18(22)14-4-6-17-19-9-10-21(17)12-14/h3-6,9-12H,7-8H2,1-2H3,(H,20,22). The van der Waals surface area contributed by atoms with E-state index in [0.29, 0.717) is 30.0 Å². The van der Waals surface area contributed by atoms with Gasteiger partial charge in [-0.3, -0.25) is 4.79 Å². The van der Waals surface area contributed by atoms with Crippen molar-refractivity contribution in [3.05, 3.63) is 60.0 Å². The number of aromatic nitrogens is 2. The van der Waals surface area contributed by atoms with Crippen LogP contribution < -0.4 is 14.8 Å². The molecule has 6 heteroatoms. The molecule has 0 aliphatic heterocycles. The van der Waals surface area contributed by atoms with Gasteiger partial charge in [-0.05, 0) is 36.2 Å².